The molecule has 1 aliphatic rings. The molecule has 2 N–H and O–H groups in total. The third kappa shape index (κ3) is 1.12. The van der Waals surface area contributed by atoms with Crippen LogP contribution in [0.15, 0.2) is 0 Å². The summed E-state index contributed by atoms with van der Waals surface area (Å²) in [5, 5.41) is 12.3. The Balaban J connectivity index is 2.58. The number of hydrogen-bond donors (Lipinski definition) is 2. The van der Waals surface area contributed by atoms with Crippen molar-refractivity contribution in [2.75, 3.05) is 20.2 Å². The molecule has 1 rings (SSSR count). The van der Waals surface area contributed by atoms with Crippen LogP contribution in [0.1, 0.15) is 6.42 Å². The Morgan fingerprint density at radius 1 is 1.80 bits per heavy atom. The number of carbonyl (C=O) groups excluding carboxylic acids is 1. The molecule has 1 atom stereocenters. The van der Waals surface area contributed by atoms with Gasteiger partial charge in [0, 0.05) is 13.0 Å². The van der Waals surface area contributed by atoms with Crippen molar-refractivity contribution in [2.24, 2.45) is 0 Å². The third-order valence-electron chi connectivity index (χ3n) is 1.70. The van der Waals surface area contributed by atoms with Crippen LogP contribution in [0.4, 0.5) is 0 Å². The summed E-state index contributed by atoms with van der Waals surface area (Å²) in [6.07, 6.45) is 0.444. The fraction of sp³-hybridized carbons (Fsp3) is 0.833. The number of hydrogen-bond acceptors (Lipinski definition) is 4. The minimum absolute atomic E-state index is 0.305. The lowest BCUT2D eigenvalue weighted by Gasteiger charge is -2.16. The van der Waals surface area contributed by atoms with Gasteiger partial charge >= 0.3 is 5.97 Å². The first-order valence-corrected chi connectivity index (χ1v) is 3.20. The van der Waals surface area contributed by atoms with Gasteiger partial charge in [0.05, 0.1) is 7.11 Å². The molecule has 4 heteroatoms. The quantitative estimate of drug-likeness (QED) is 0.459. The Morgan fingerprint density at radius 3 is 2.90 bits per heavy atom. The van der Waals surface area contributed by atoms with Crippen LogP contribution in [0.25, 0.3) is 0 Å². The molecule has 1 unspecified atom stereocenters. The van der Waals surface area contributed by atoms with Crippen molar-refractivity contribution in [3.05, 3.63) is 0 Å². The van der Waals surface area contributed by atoms with Gasteiger partial charge in [-0.15, -0.1) is 0 Å². The summed E-state index contributed by atoms with van der Waals surface area (Å²) < 4.78 is 4.41. The molecule has 0 bridgehead atoms. The second-order valence-corrected chi connectivity index (χ2v) is 2.45. The molecule has 0 aliphatic carbocycles. The third-order valence-corrected chi connectivity index (χ3v) is 1.70. The number of rotatable bonds is 1. The van der Waals surface area contributed by atoms with Crippen molar-refractivity contribution in [3.8, 4) is 0 Å². The molecule has 1 aliphatic heterocycles. The number of aliphatic hydroxyl groups is 1. The maximum Gasteiger partial charge on any atom is 0.339 e. The van der Waals surface area contributed by atoms with Crippen LogP contribution >= 0.6 is 0 Å². The first-order chi connectivity index (χ1) is 4.69. The van der Waals surface area contributed by atoms with E-state index in [9.17, 15) is 9.90 Å². The average Bonchev–Trinajstić information content (AvgIpc) is 2.36. The lowest BCUT2D eigenvalue weighted by atomic mass is 10.0. The zero-order chi connectivity index (χ0) is 7.61. The van der Waals surface area contributed by atoms with E-state index >= 15 is 0 Å². The van der Waals surface area contributed by atoms with Crippen LogP contribution in [0.5, 0.6) is 0 Å². The van der Waals surface area contributed by atoms with Gasteiger partial charge in [-0.25, -0.2) is 4.79 Å². The summed E-state index contributed by atoms with van der Waals surface area (Å²) in [5.74, 6) is -0.544. The molecular formula is C6H11NO3. The Bertz CT molecular complexity index is 140. The molecule has 0 aromatic rings. The second kappa shape index (κ2) is 2.56. The van der Waals surface area contributed by atoms with E-state index in [0.717, 1.165) is 0 Å². The molecule has 58 valence electrons. The van der Waals surface area contributed by atoms with Crippen LogP contribution in [0.2, 0.25) is 0 Å². The molecule has 1 fully saturated rings. The first kappa shape index (κ1) is 7.50. The summed E-state index contributed by atoms with van der Waals surface area (Å²) in [6, 6.07) is 0. The van der Waals surface area contributed by atoms with Crippen LogP contribution < -0.4 is 5.32 Å². The smallest absolute Gasteiger partial charge is 0.339 e. The lowest BCUT2D eigenvalue weighted by molar-refractivity contribution is -0.160. The van der Waals surface area contributed by atoms with Gasteiger partial charge in [-0.1, -0.05) is 0 Å². The van der Waals surface area contributed by atoms with Gasteiger partial charge in [0.15, 0.2) is 5.60 Å². The molecule has 0 saturated carbocycles. The minimum atomic E-state index is -1.27. The van der Waals surface area contributed by atoms with Gasteiger partial charge in [-0.3, -0.25) is 0 Å². The summed E-state index contributed by atoms with van der Waals surface area (Å²) >= 11 is 0. The average molecular weight is 145 g/mol. The highest BCUT2D eigenvalue weighted by molar-refractivity contribution is 5.79. The number of carbonyl (C=O) groups is 1. The molecule has 1 heterocycles. The summed E-state index contributed by atoms with van der Waals surface area (Å²) in [7, 11) is 1.28. The van der Waals surface area contributed by atoms with Gasteiger partial charge in [0.1, 0.15) is 0 Å². The maximum absolute atomic E-state index is 10.8. The number of methoxy groups -OCH3 is 1. The molecule has 0 spiro atoms. The first-order valence-electron chi connectivity index (χ1n) is 3.20. The molecule has 0 aromatic carbocycles. The number of ether oxygens (including phenoxy) is 1. The zero-order valence-electron chi connectivity index (χ0n) is 5.89. The monoisotopic (exact) mass is 145 g/mol. The molecule has 4 nitrogen and oxygen atoms in total. The van der Waals surface area contributed by atoms with Crippen molar-refractivity contribution in [1.29, 1.82) is 0 Å². The predicted molar refractivity (Wildman–Crippen MR) is 34.5 cm³/mol. The topological polar surface area (TPSA) is 58.6 Å². The van der Waals surface area contributed by atoms with Crippen LogP contribution in [-0.2, 0) is 9.53 Å². The van der Waals surface area contributed by atoms with E-state index < -0.39 is 11.6 Å². The minimum Gasteiger partial charge on any atom is -0.467 e. The van der Waals surface area contributed by atoms with Gasteiger partial charge in [-0.2, -0.15) is 0 Å². The van der Waals surface area contributed by atoms with Crippen molar-refractivity contribution in [2.45, 2.75) is 12.0 Å². The van der Waals surface area contributed by atoms with Gasteiger partial charge in [0.2, 0.25) is 0 Å². The van der Waals surface area contributed by atoms with Crippen LogP contribution in [0, 0.1) is 0 Å². The molecule has 10 heavy (non-hydrogen) atoms. The Morgan fingerprint density at radius 2 is 2.50 bits per heavy atom. The summed E-state index contributed by atoms with van der Waals surface area (Å²) in [5.41, 5.74) is -1.27. The summed E-state index contributed by atoms with van der Waals surface area (Å²) in [6.45, 7) is 0.977. The standard InChI is InChI=1S/C6H11NO3/c1-10-5(8)6(9)2-3-7-4-6/h7,9H,2-4H2,1H3. The fourth-order valence-electron chi connectivity index (χ4n) is 1.04. The van der Waals surface area contributed by atoms with Crippen molar-refractivity contribution in [3.63, 3.8) is 0 Å². The van der Waals surface area contributed by atoms with Crippen LogP contribution in [-0.4, -0.2) is 36.9 Å². The molecule has 0 radical (unpaired) electrons. The fourth-order valence-corrected chi connectivity index (χ4v) is 1.04. The van der Waals surface area contributed by atoms with E-state index in [1.165, 1.54) is 7.11 Å². The Kier molecular flexibility index (Phi) is 1.92. The molecule has 0 aromatic heterocycles. The second-order valence-electron chi connectivity index (χ2n) is 2.45. The largest absolute Gasteiger partial charge is 0.467 e. The van der Waals surface area contributed by atoms with E-state index in [2.05, 4.69) is 10.1 Å². The van der Waals surface area contributed by atoms with E-state index in [0.29, 0.717) is 19.5 Å². The molecular weight excluding hydrogens is 134 g/mol. The van der Waals surface area contributed by atoms with E-state index in [1.807, 2.05) is 0 Å². The number of β-amino-alcohol motifs (C(OH)–C–C–N with tert-alkyl or cyclic N) is 1. The van der Waals surface area contributed by atoms with E-state index in [4.69, 9.17) is 0 Å². The molecule has 0 amide bonds. The van der Waals surface area contributed by atoms with Crippen molar-refractivity contribution >= 4 is 5.97 Å². The highest BCUT2D eigenvalue weighted by Crippen LogP contribution is 2.14. The number of nitrogens with one attached hydrogen (secondary N) is 1. The Labute approximate surface area is 59.2 Å². The van der Waals surface area contributed by atoms with Gasteiger partial charge in [-0.05, 0) is 6.54 Å². The summed E-state index contributed by atoms with van der Waals surface area (Å²) in [4.78, 5) is 10.8. The maximum atomic E-state index is 10.8. The van der Waals surface area contributed by atoms with Gasteiger partial charge in [0.25, 0.3) is 0 Å². The highest BCUT2D eigenvalue weighted by atomic mass is 16.5. The predicted octanol–water partition coefficient (Wildman–Crippen LogP) is -1.12. The van der Waals surface area contributed by atoms with E-state index in [1.54, 1.807) is 0 Å². The highest BCUT2D eigenvalue weighted by Gasteiger charge is 2.39. The van der Waals surface area contributed by atoms with E-state index in [-0.39, 0.29) is 0 Å². The lowest BCUT2D eigenvalue weighted by Crippen LogP contribution is -2.41. The van der Waals surface area contributed by atoms with Crippen molar-refractivity contribution in [1.82, 2.24) is 5.32 Å². The Hall–Kier alpha value is -0.610. The normalized spacial score (nSPS) is 32.2. The molecule has 1 saturated heterocycles. The zero-order valence-corrected chi connectivity index (χ0v) is 5.89. The van der Waals surface area contributed by atoms with Crippen LogP contribution in [0.3, 0.4) is 0 Å². The SMILES string of the molecule is COC(=O)C1(O)CCNC1. The number of esters is 1. The van der Waals surface area contributed by atoms with Crippen molar-refractivity contribution < 1.29 is 14.6 Å². The van der Waals surface area contributed by atoms with Gasteiger partial charge < -0.3 is 15.2 Å².